The van der Waals surface area contributed by atoms with E-state index in [-0.39, 0.29) is 6.10 Å². The van der Waals surface area contributed by atoms with E-state index in [1.165, 1.54) is 0 Å². The van der Waals surface area contributed by atoms with Gasteiger partial charge < -0.3 is 14.7 Å². The zero-order chi connectivity index (χ0) is 13.7. The number of aromatic nitrogens is 2. The minimum Gasteiger partial charge on any atom is -0.481 e. The van der Waals surface area contributed by atoms with Gasteiger partial charge in [-0.1, -0.05) is 6.92 Å². The molecule has 0 aliphatic carbocycles. The molecular formula is C13H22N4O2. The zero-order valence-electron chi connectivity index (χ0n) is 11.6. The van der Waals surface area contributed by atoms with Crippen molar-refractivity contribution in [2.45, 2.75) is 19.4 Å². The van der Waals surface area contributed by atoms with Crippen LogP contribution in [0, 0.1) is 0 Å². The van der Waals surface area contributed by atoms with Gasteiger partial charge in [-0.05, 0) is 6.42 Å². The number of hydrogen-bond donors (Lipinski definition) is 1. The third kappa shape index (κ3) is 3.78. The molecule has 1 N–H and O–H groups in total. The van der Waals surface area contributed by atoms with Gasteiger partial charge >= 0.3 is 0 Å². The molecule has 0 spiro atoms. The summed E-state index contributed by atoms with van der Waals surface area (Å²) in [6.07, 6.45) is 2.30. The lowest BCUT2D eigenvalue weighted by atomic mass is 10.2. The number of piperazine rings is 1. The average molecular weight is 266 g/mol. The third-order valence-electron chi connectivity index (χ3n) is 3.42. The molecule has 1 aromatic rings. The Balaban J connectivity index is 1.88. The number of rotatable bonds is 5. The van der Waals surface area contributed by atoms with E-state index in [0.717, 1.165) is 45.1 Å². The first kappa shape index (κ1) is 14.0. The van der Waals surface area contributed by atoms with Crippen LogP contribution in [0.2, 0.25) is 0 Å². The van der Waals surface area contributed by atoms with Crippen LogP contribution >= 0.6 is 0 Å². The van der Waals surface area contributed by atoms with Crippen LogP contribution in [0.4, 0.5) is 5.95 Å². The predicted molar refractivity (Wildman–Crippen MR) is 73.5 cm³/mol. The van der Waals surface area contributed by atoms with E-state index in [4.69, 9.17) is 4.74 Å². The molecule has 6 nitrogen and oxygen atoms in total. The molecule has 1 aliphatic rings. The molecule has 6 heteroatoms. The second kappa shape index (κ2) is 6.68. The highest BCUT2D eigenvalue weighted by Crippen LogP contribution is 2.14. The fraction of sp³-hybridized carbons (Fsp3) is 0.692. The molecule has 0 saturated carbocycles. The Kier molecular flexibility index (Phi) is 4.93. The van der Waals surface area contributed by atoms with Crippen LogP contribution < -0.4 is 9.64 Å². The highest BCUT2D eigenvalue weighted by Gasteiger charge is 2.20. The van der Waals surface area contributed by atoms with Gasteiger partial charge in [-0.15, -0.1) is 0 Å². The highest BCUT2D eigenvalue weighted by atomic mass is 16.5. The Bertz CT molecular complexity index is 394. The second-order valence-electron chi connectivity index (χ2n) is 4.75. The zero-order valence-corrected chi connectivity index (χ0v) is 11.6. The smallest absolute Gasteiger partial charge is 0.228 e. The van der Waals surface area contributed by atoms with Gasteiger partial charge in [0.2, 0.25) is 11.8 Å². The van der Waals surface area contributed by atoms with E-state index < -0.39 is 0 Å². The predicted octanol–water partition coefficient (Wildman–Crippen LogP) is 0.378. The normalized spacial score (nSPS) is 18.4. The SMILES string of the molecule is CC[C@@H](O)CN1CCN(c2nccc(OC)n2)CC1. The van der Waals surface area contributed by atoms with E-state index >= 15 is 0 Å². The van der Waals surface area contributed by atoms with Gasteiger partial charge in [-0.3, -0.25) is 4.90 Å². The van der Waals surface area contributed by atoms with Crippen molar-refractivity contribution in [2.75, 3.05) is 44.7 Å². The van der Waals surface area contributed by atoms with Crippen LogP contribution in [0.25, 0.3) is 0 Å². The van der Waals surface area contributed by atoms with Gasteiger partial charge in [-0.25, -0.2) is 4.98 Å². The fourth-order valence-electron chi connectivity index (χ4n) is 2.16. The molecule has 2 heterocycles. The van der Waals surface area contributed by atoms with Crippen LogP contribution in [0.15, 0.2) is 12.3 Å². The van der Waals surface area contributed by atoms with Crippen LogP contribution in [0.1, 0.15) is 13.3 Å². The molecule has 1 aromatic heterocycles. The maximum Gasteiger partial charge on any atom is 0.228 e. The van der Waals surface area contributed by atoms with Crippen LogP contribution in [-0.2, 0) is 0 Å². The first-order valence-electron chi connectivity index (χ1n) is 6.75. The van der Waals surface area contributed by atoms with E-state index in [9.17, 15) is 5.11 Å². The van der Waals surface area contributed by atoms with Crippen molar-refractivity contribution >= 4 is 5.95 Å². The van der Waals surface area contributed by atoms with Crippen molar-refractivity contribution in [1.82, 2.24) is 14.9 Å². The summed E-state index contributed by atoms with van der Waals surface area (Å²) in [6, 6.07) is 1.75. The number of ether oxygens (including phenoxy) is 1. The molecule has 1 saturated heterocycles. The number of anilines is 1. The highest BCUT2D eigenvalue weighted by molar-refractivity contribution is 5.32. The van der Waals surface area contributed by atoms with Crippen molar-refractivity contribution < 1.29 is 9.84 Å². The molecule has 1 atom stereocenters. The van der Waals surface area contributed by atoms with E-state index in [1.54, 1.807) is 19.4 Å². The first-order valence-corrected chi connectivity index (χ1v) is 6.75. The molecule has 1 fully saturated rings. The van der Waals surface area contributed by atoms with E-state index in [2.05, 4.69) is 19.8 Å². The number of β-amino-alcohol motifs (C(OH)–C–C–N with tert-alkyl or cyclic N) is 1. The Morgan fingerprint density at radius 2 is 2.11 bits per heavy atom. The minimum atomic E-state index is -0.223. The third-order valence-corrected chi connectivity index (χ3v) is 3.42. The van der Waals surface area contributed by atoms with Crippen molar-refractivity contribution in [3.63, 3.8) is 0 Å². The molecular weight excluding hydrogens is 244 g/mol. The van der Waals surface area contributed by atoms with Gasteiger partial charge in [0.25, 0.3) is 0 Å². The summed E-state index contributed by atoms with van der Waals surface area (Å²) in [6.45, 7) is 6.37. The minimum absolute atomic E-state index is 0.223. The molecule has 0 unspecified atom stereocenters. The topological polar surface area (TPSA) is 61.7 Å². The fourth-order valence-corrected chi connectivity index (χ4v) is 2.16. The van der Waals surface area contributed by atoms with Gasteiger partial charge in [0.15, 0.2) is 0 Å². The molecule has 0 radical (unpaired) electrons. The first-order chi connectivity index (χ1) is 9.22. The standard InChI is InChI=1S/C13H22N4O2/c1-3-11(18)10-16-6-8-17(9-7-16)13-14-5-4-12(15-13)19-2/h4-5,11,18H,3,6-10H2,1-2H3/t11-/m1/s1. The monoisotopic (exact) mass is 266 g/mol. The van der Waals surface area contributed by atoms with Gasteiger partial charge in [-0.2, -0.15) is 4.98 Å². The Morgan fingerprint density at radius 3 is 2.74 bits per heavy atom. The molecule has 2 rings (SSSR count). The van der Waals surface area contributed by atoms with Crippen LogP contribution in [0.5, 0.6) is 5.88 Å². The summed E-state index contributed by atoms with van der Waals surface area (Å²) in [5.41, 5.74) is 0. The number of methoxy groups -OCH3 is 1. The number of hydrogen-bond acceptors (Lipinski definition) is 6. The van der Waals surface area contributed by atoms with E-state index in [0.29, 0.717) is 5.88 Å². The quantitative estimate of drug-likeness (QED) is 0.831. The summed E-state index contributed by atoms with van der Waals surface area (Å²) in [5.74, 6) is 1.31. The van der Waals surface area contributed by atoms with E-state index in [1.807, 2.05) is 6.92 Å². The molecule has 0 amide bonds. The molecule has 1 aliphatic heterocycles. The van der Waals surface area contributed by atoms with Crippen molar-refractivity contribution in [3.05, 3.63) is 12.3 Å². The maximum absolute atomic E-state index is 9.66. The summed E-state index contributed by atoms with van der Waals surface area (Å²) in [4.78, 5) is 13.1. The molecule has 19 heavy (non-hydrogen) atoms. The van der Waals surface area contributed by atoms with Crippen LogP contribution in [0.3, 0.4) is 0 Å². The number of nitrogens with zero attached hydrogens (tertiary/aromatic N) is 4. The lowest BCUT2D eigenvalue weighted by Gasteiger charge is -2.35. The molecule has 0 aromatic carbocycles. The Labute approximate surface area is 114 Å². The van der Waals surface area contributed by atoms with Gasteiger partial charge in [0.1, 0.15) is 0 Å². The average Bonchev–Trinajstić information content (AvgIpc) is 2.48. The molecule has 106 valence electrons. The summed E-state index contributed by atoms with van der Waals surface area (Å²) >= 11 is 0. The van der Waals surface area contributed by atoms with Crippen LogP contribution in [-0.4, -0.2) is 65.9 Å². The van der Waals surface area contributed by atoms with Crippen molar-refractivity contribution in [1.29, 1.82) is 0 Å². The summed E-state index contributed by atoms with van der Waals surface area (Å²) in [5, 5.41) is 9.66. The van der Waals surface area contributed by atoms with Gasteiger partial charge in [0.05, 0.1) is 13.2 Å². The lowest BCUT2D eigenvalue weighted by molar-refractivity contribution is 0.106. The Hall–Kier alpha value is -1.40. The number of aliphatic hydroxyl groups is 1. The second-order valence-corrected chi connectivity index (χ2v) is 4.75. The Morgan fingerprint density at radius 1 is 1.37 bits per heavy atom. The molecule has 0 bridgehead atoms. The maximum atomic E-state index is 9.66. The largest absolute Gasteiger partial charge is 0.481 e. The summed E-state index contributed by atoms with van der Waals surface area (Å²) in [7, 11) is 1.61. The van der Waals surface area contributed by atoms with Crippen molar-refractivity contribution in [2.24, 2.45) is 0 Å². The van der Waals surface area contributed by atoms with Crippen molar-refractivity contribution in [3.8, 4) is 5.88 Å². The number of aliphatic hydroxyl groups excluding tert-OH is 1. The van der Waals surface area contributed by atoms with Gasteiger partial charge in [0, 0.05) is 45.0 Å². The summed E-state index contributed by atoms with van der Waals surface area (Å²) < 4.78 is 5.11. The lowest BCUT2D eigenvalue weighted by Crippen LogP contribution is -2.49.